The molecule has 0 heterocycles. The molecule has 60 valence electrons. The summed E-state index contributed by atoms with van der Waals surface area (Å²) in [5, 5.41) is 0. The second-order valence-electron chi connectivity index (χ2n) is 2.29. The van der Waals surface area contributed by atoms with Crippen LogP contribution >= 0.6 is 0 Å². The third kappa shape index (κ3) is 6.05. The predicted molar refractivity (Wildman–Crippen MR) is 41.3 cm³/mol. The molecule has 0 amide bonds. The third-order valence-corrected chi connectivity index (χ3v) is 0.959. The van der Waals surface area contributed by atoms with E-state index in [1.54, 1.807) is 0 Å². The van der Waals surface area contributed by atoms with Gasteiger partial charge in [0.1, 0.15) is 0 Å². The highest BCUT2D eigenvalue weighted by atomic mass is 16.5. The van der Waals surface area contributed by atoms with Crippen molar-refractivity contribution in [3.63, 3.8) is 0 Å². The molecule has 0 aromatic heterocycles. The first-order valence-corrected chi connectivity index (χ1v) is 3.56. The highest BCUT2D eigenvalue weighted by Crippen LogP contribution is 2.02. The Balaban J connectivity index is 3.16. The fourth-order valence-corrected chi connectivity index (χ4v) is 0.661. The van der Waals surface area contributed by atoms with Gasteiger partial charge in [0, 0.05) is 6.61 Å². The average molecular weight is 144 g/mol. The smallest absolute Gasteiger partial charge is 0.0946 e. The van der Waals surface area contributed by atoms with E-state index in [1.807, 2.05) is 20.8 Å². The van der Waals surface area contributed by atoms with Crippen LogP contribution in [-0.2, 0) is 9.47 Å². The van der Waals surface area contributed by atoms with Crippen molar-refractivity contribution in [2.75, 3.05) is 13.2 Å². The largest absolute Gasteiger partial charge is 0.379 e. The molecule has 0 aromatic carbocycles. The van der Waals surface area contributed by atoms with E-state index in [9.17, 15) is 0 Å². The van der Waals surface area contributed by atoms with Crippen LogP contribution in [0.1, 0.15) is 20.8 Å². The van der Waals surface area contributed by atoms with Crippen LogP contribution in [0.15, 0.2) is 0 Å². The van der Waals surface area contributed by atoms with Crippen LogP contribution in [-0.4, -0.2) is 19.3 Å². The lowest BCUT2D eigenvalue weighted by Crippen LogP contribution is -2.16. The van der Waals surface area contributed by atoms with Crippen molar-refractivity contribution in [1.29, 1.82) is 0 Å². The Morgan fingerprint density at radius 3 is 2.60 bits per heavy atom. The van der Waals surface area contributed by atoms with Crippen LogP contribution in [0.2, 0.25) is 0 Å². The first-order valence-electron chi connectivity index (χ1n) is 3.56. The molecule has 0 bridgehead atoms. The van der Waals surface area contributed by atoms with E-state index in [2.05, 4.69) is 6.92 Å². The maximum atomic E-state index is 5.23. The molecule has 0 aliphatic carbocycles. The first kappa shape index (κ1) is 9.92. The summed E-state index contributed by atoms with van der Waals surface area (Å²) in [5.74, 6) is 0. The lowest BCUT2D eigenvalue weighted by molar-refractivity contribution is 0.0128. The molecule has 10 heavy (non-hydrogen) atoms. The Bertz CT molecular complexity index is 71.7. The Morgan fingerprint density at radius 2 is 2.20 bits per heavy atom. The van der Waals surface area contributed by atoms with Crippen LogP contribution < -0.4 is 0 Å². The van der Waals surface area contributed by atoms with E-state index in [1.165, 1.54) is 0 Å². The highest BCUT2D eigenvalue weighted by molar-refractivity contribution is 4.74. The van der Waals surface area contributed by atoms with E-state index in [-0.39, 0.29) is 6.10 Å². The van der Waals surface area contributed by atoms with Crippen molar-refractivity contribution >= 4 is 0 Å². The minimum absolute atomic E-state index is 0.123. The van der Waals surface area contributed by atoms with Gasteiger partial charge in [-0.1, -0.05) is 0 Å². The van der Waals surface area contributed by atoms with E-state index in [4.69, 9.17) is 9.47 Å². The molecular formula is C8H16O2. The molecule has 0 aliphatic heterocycles. The summed E-state index contributed by atoms with van der Waals surface area (Å²) < 4.78 is 10.4. The SMILES string of the molecule is [CH2][C](C)OC(C)COCC. The molecule has 0 rings (SSSR count). The molecule has 2 heteroatoms. The van der Waals surface area contributed by atoms with Crippen LogP contribution in [0.5, 0.6) is 0 Å². The molecule has 1 atom stereocenters. The standard InChI is InChI=1S/C8H16O2/c1-5-9-6-8(4)10-7(2)3/h8H,2,5-6H2,1,3-4H3. The minimum atomic E-state index is 0.123. The molecular weight excluding hydrogens is 128 g/mol. The molecule has 0 spiro atoms. The quantitative estimate of drug-likeness (QED) is 0.586. The van der Waals surface area contributed by atoms with Crippen molar-refractivity contribution in [3.05, 3.63) is 13.0 Å². The number of rotatable bonds is 5. The second-order valence-corrected chi connectivity index (χ2v) is 2.29. The predicted octanol–water partition coefficient (Wildman–Crippen LogP) is 1.81. The van der Waals surface area contributed by atoms with Crippen LogP contribution in [0.25, 0.3) is 0 Å². The van der Waals surface area contributed by atoms with E-state index < -0.39 is 0 Å². The lowest BCUT2D eigenvalue weighted by Gasteiger charge is -2.14. The minimum Gasteiger partial charge on any atom is -0.379 e. The summed E-state index contributed by atoms with van der Waals surface area (Å²) in [6, 6.07) is 0. The zero-order valence-corrected chi connectivity index (χ0v) is 7.02. The van der Waals surface area contributed by atoms with Gasteiger partial charge in [-0.2, -0.15) is 0 Å². The molecule has 0 N–H and O–H groups in total. The van der Waals surface area contributed by atoms with Crippen LogP contribution in [0.4, 0.5) is 0 Å². The maximum absolute atomic E-state index is 5.23. The van der Waals surface area contributed by atoms with Crippen molar-refractivity contribution in [2.24, 2.45) is 0 Å². The van der Waals surface area contributed by atoms with Gasteiger partial charge >= 0.3 is 0 Å². The summed E-state index contributed by atoms with van der Waals surface area (Å²) in [4.78, 5) is 0. The zero-order valence-electron chi connectivity index (χ0n) is 7.02. The van der Waals surface area contributed by atoms with Crippen molar-refractivity contribution < 1.29 is 9.47 Å². The first-order chi connectivity index (χ1) is 4.66. The fourth-order valence-electron chi connectivity index (χ4n) is 0.661. The zero-order chi connectivity index (χ0) is 7.98. The van der Waals surface area contributed by atoms with Gasteiger partial charge in [0.15, 0.2) is 0 Å². The Morgan fingerprint density at radius 1 is 1.60 bits per heavy atom. The molecule has 2 radical (unpaired) electrons. The van der Waals surface area contributed by atoms with Crippen molar-refractivity contribution in [1.82, 2.24) is 0 Å². The van der Waals surface area contributed by atoms with E-state index in [0.29, 0.717) is 6.61 Å². The summed E-state index contributed by atoms with van der Waals surface area (Å²) in [6.45, 7) is 10.8. The number of ether oxygens (including phenoxy) is 2. The topological polar surface area (TPSA) is 18.5 Å². The van der Waals surface area contributed by atoms with E-state index in [0.717, 1.165) is 12.7 Å². The van der Waals surface area contributed by atoms with Crippen LogP contribution in [0.3, 0.4) is 0 Å². The monoisotopic (exact) mass is 144 g/mol. The van der Waals surface area contributed by atoms with Gasteiger partial charge in [-0.15, -0.1) is 0 Å². The second kappa shape index (κ2) is 5.69. The van der Waals surface area contributed by atoms with E-state index >= 15 is 0 Å². The van der Waals surface area contributed by atoms with Crippen LogP contribution in [0, 0.1) is 13.0 Å². The van der Waals surface area contributed by atoms with Gasteiger partial charge in [0.2, 0.25) is 0 Å². The number of hydrogen-bond acceptors (Lipinski definition) is 2. The summed E-state index contributed by atoms with van der Waals surface area (Å²) in [5.41, 5.74) is 0. The number of hydrogen-bond donors (Lipinski definition) is 0. The van der Waals surface area contributed by atoms with Gasteiger partial charge in [0.05, 0.1) is 18.8 Å². The van der Waals surface area contributed by atoms with Crippen molar-refractivity contribution in [2.45, 2.75) is 26.9 Å². The van der Waals surface area contributed by atoms with Gasteiger partial charge in [-0.25, -0.2) is 0 Å². The normalized spacial score (nSPS) is 14.1. The lowest BCUT2D eigenvalue weighted by atomic mass is 10.4. The maximum Gasteiger partial charge on any atom is 0.0946 e. The highest BCUT2D eigenvalue weighted by Gasteiger charge is 2.03. The Kier molecular flexibility index (Phi) is 5.64. The molecule has 1 unspecified atom stereocenters. The Hall–Kier alpha value is -0.0800. The van der Waals surface area contributed by atoms with Gasteiger partial charge in [-0.3, -0.25) is 0 Å². The summed E-state index contributed by atoms with van der Waals surface area (Å²) in [6.07, 6.45) is 0.865. The van der Waals surface area contributed by atoms with Gasteiger partial charge < -0.3 is 9.47 Å². The molecule has 2 nitrogen and oxygen atoms in total. The molecule has 0 fully saturated rings. The van der Waals surface area contributed by atoms with Gasteiger partial charge in [-0.05, 0) is 27.7 Å². The van der Waals surface area contributed by atoms with Gasteiger partial charge in [0.25, 0.3) is 0 Å². The third-order valence-electron chi connectivity index (χ3n) is 0.959. The van der Waals surface area contributed by atoms with Crippen molar-refractivity contribution in [3.8, 4) is 0 Å². The fraction of sp³-hybridized carbons (Fsp3) is 0.750. The average Bonchev–Trinajstić information content (AvgIpc) is 1.82. The molecule has 0 saturated carbocycles. The molecule has 0 saturated heterocycles. The Labute approximate surface area is 63.5 Å². The molecule has 0 aliphatic rings. The summed E-state index contributed by atoms with van der Waals surface area (Å²) in [7, 11) is 0. The summed E-state index contributed by atoms with van der Waals surface area (Å²) >= 11 is 0. The molecule has 0 aromatic rings.